The van der Waals surface area contributed by atoms with Gasteiger partial charge < -0.3 is 9.30 Å². The van der Waals surface area contributed by atoms with E-state index in [1.165, 1.54) is 38.4 Å². The van der Waals surface area contributed by atoms with Crippen molar-refractivity contribution in [2.45, 2.75) is 0 Å². The molecule has 0 spiro atoms. The highest BCUT2D eigenvalue weighted by atomic mass is 16.5. The zero-order valence-corrected chi connectivity index (χ0v) is 27.1. The van der Waals surface area contributed by atoms with Crippen LogP contribution in [0, 0.1) is 0 Å². The summed E-state index contributed by atoms with van der Waals surface area (Å²) >= 11 is 0. The maximum absolute atomic E-state index is 6.46. The summed E-state index contributed by atoms with van der Waals surface area (Å²) in [7, 11) is 0. The summed E-state index contributed by atoms with van der Waals surface area (Å²) < 4.78 is 10.6. The fourth-order valence-corrected chi connectivity index (χ4v) is 6.93. The van der Waals surface area contributed by atoms with Crippen LogP contribution in [0.2, 0.25) is 0 Å². The van der Waals surface area contributed by atoms with Gasteiger partial charge in [0.2, 0.25) is 0 Å². The van der Waals surface area contributed by atoms with E-state index in [4.69, 9.17) is 4.74 Å². The minimum Gasteiger partial charge on any atom is -0.457 e. The van der Waals surface area contributed by atoms with Gasteiger partial charge in [0.05, 0.1) is 11.2 Å². The molecule has 8 aromatic rings. The second kappa shape index (κ2) is 12.6. The average Bonchev–Trinajstić information content (AvgIpc) is 3.77. The quantitative estimate of drug-likeness (QED) is 0.162. The average molecular weight is 642 g/mol. The van der Waals surface area contributed by atoms with Gasteiger partial charge >= 0.3 is 0 Å². The predicted molar refractivity (Wildman–Crippen MR) is 205 cm³/mol. The molecule has 4 heteroatoms. The Balaban J connectivity index is 1.26. The lowest BCUT2D eigenvalue weighted by atomic mass is 9.86. The highest BCUT2D eigenvalue weighted by Crippen LogP contribution is 2.45. The molecule has 0 aliphatic heterocycles. The first kappa shape index (κ1) is 29.3. The molecule has 236 valence electrons. The smallest absolute Gasteiger partial charge is 0.129 e. The lowest BCUT2D eigenvalue weighted by Gasteiger charge is -2.16. The molecule has 2 aromatic heterocycles. The zero-order chi connectivity index (χ0) is 33.3. The van der Waals surface area contributed by atoms with Crippen molar-refractivity contribution < 1.29 is 4.74 Å². The fourth-order valence-electron chi connectivity index (χ4n) is 6.93. The van der Waals surface area contributed by atoms with Crippen LogP contribution in [0.5, 0.6) is 11.5 Å². The number of hydrogen-bond donors (Lipinski definition) is 0. The van der Waals surface area contributed by atoms with Crippen LogP contribution in [-0.4, -0.2) is 14.3 Å². The van der Waals surface area contributed by atoms with E-state index in [0.717, 1.165) is 39.5 Å². The molecular formula is C46H31N3O. The molecule has 0 saturated carbocycles. The Morgan fingerprint density at radius 3 is 2.26 bits per heavy atom. The van der Waals surface area contributed by atoms with Gasteiger partial charge in [0.25, 0.3) is 0 Å². The summed E-state index contributed by atoms with van der Waals surface area (Å²) in [5.74, 6) is 1.50. The first-order chi connectivity index (χ1) is 24.8. The van der Waals surface area contributed by atoms with E-state index in [9.17, 15) is 0 Å². The van der Waals surface area contributed by atoms with Crippen LogP contribution >= 0.6 is 0 Å². The Bertz CT molecular complexity index is 2650. The van der Waals surface area contributed by atoms with Gasteiger partial charge in [-0.05, 0) is 93.2 Å². The molecule has 4 nitrogen and oxygen atoms in total. The topological polar surface area (TPSA) is 32.0 Å². The number of aromatic nitrogens is 3. The monoisotopic (exact) mass is 641 g/mol. The molecule has 0 amide bonds. The number of rotatable bonds is 7. The summed E-state index contributed by atoms with van der Waals surface area (Å²) in [6, 6.07) is 48.6. The third-order valence-electron chi connectivity index (χ3n) is 9.17. The Morgan fingerprint density at radius 2 is 1.40 bits per heavy atom. The second-order valence-corrected chi connectivity index (χ2v) is 12.2. The third-order valence-corrected chi connectivity index (χ3v) is 9.17. The van der Waals surface area contributed by atoms with E-state index in [-0.39, 0.29) is 0 Å². The van der Waals surface area contributed by atoms with Gasteiger partial charge in [-0.1, -0.05) is 103 Å². The summed E-state index contributed by atoms with van der Waals surface area (Å²) in [5.41, 5.74) is 13.3. The molecule has 1 aliphatic carbocycles. The van der Waals surface area contributed by atoms with Crippen LogP contribution < -0.4 is 4.74 Å². The standard InChI is InChI=1S/C46H31N3O/c1-2-5-15-33(14-4-1)40-24-12-25-41(34-16-6-3-7-17-34)45(40)43-32-48(44-27-26-35-18-8-9-23-42(35)46(43)44)36-19-10-21-38(30-36)50-39-22-11-20-37(31-39)49-29-13-28-47-49/h1,3-32H. The highest BCUT2D eigenvalue weighted by molar-refractivity contribution is 6.16. The van der Waals surface area contributed by atoms with Crippen LogP contribution in [0.15, 0.2) is 194 Å². The molecule has 50 heavy (non-hydrogen) atoms. The van der Waals surface area contributed by atoms with E-state index in [0.29, 0.717) is 0 Å². The lowest BCUT2D eigenvalue weighted by molar-refractivity contribution is 0.482. The highest BCUT2D eigenvalue weighted by Gasteiger charge is 2.21. The third kappa shape index (κ3) is 5.36. The van der Waals surface area contributed by atoms with E-state index in [2.05, 4.69) is 143 Å². The molecule has 2 heterocycles. The molecule has 6 aromatic carbocycles. The summed E-state index contributed by atoms with van der Waals surface area (Å²) in [6.07, 6.45) is 16.3. The van der Waals surface area contributed by atoms with Crippen LogP contribution in [0.4, 0.5) is 0 Å². The van der Waals surface area contributed by atoms with Gasteiger partial charge in [-0.3, -0.25) is 0 Å². The van der Waals surface area contributed by atoms with Gasteiger partial charge in [0.1, 0.15) is 11.5 Å². The van der Waals surface area contributed by atoms with Crippen molar-refractivity contribution in [3.8, 4) is 45.1 Å². The summed E-state index contributed by atoms with van der Waals surface area (Å²) in [6.45, 7) is 0. The van der Waals surface area contributed by atoms with Crippen LogP contribution in [0.25, 0.3) is 60.9 Å². The number of fused-ring (bicyclic) bond motifs is 3. The van der Waals surface area contributed by atoms with E-state index < -0.39 is 0 Å². The lowest BCUT2D eigenvalue weighted by Crippen LogP contribution is -1.95. The number of allylic oxidation sites excluding steroid dienone is 5. The first-order valence-electron chi connectivity index (χ1n) is 16.7. The van der Waals surface area contributed by atoms with Crippen molar-refractivity contribution >= 4 is 27.2 Å². The molecule has 0 bridgehead atoms. The molecule has 9 rings (SSSR count). The molecule has 0 N–H and O–H groups in total. The number of hydrogen-bond acceptors (Lipinski definition) is 2. The minimum atomic E-state index is 0.744. The number of nitrogens with zero attached hydrogens (tertiary/aromatic N) is 3. The molecule has 0 saturated heterocycles. The normalized spacial score (nSPS) is 12.4. The zero-order valence-electron chi connectivity index (χ0n) is 27.1. The van der Waals surface area contributed by atoms with Crippen LogP contribution in [0.3, 0.4) is 0 Å². The van der Waals surface area contributed by atoms with Gasteiger partial charge in [0.15, 0.2) is 0 Å². The molecule has 1 aliphatic rings. The molecule has 0 radical (unpaired) electrons. The largest absolute Gasteiger partial charge is 0.457 e. The first-order valence-corrected chi connectivity index (χ1v) is 16.7. The molecule has 0 atom stereocenters. The van der Waals surface area contributed by atoms with E-state index in [1.807, 2.05) is 59.4 Å². The molecule has 0 unspecified atom stereocenters. The van der Waals surface area contributed by atoms with E-state index in [1.54, 1.807) is 6.20 Å². The SMILES string of the molecule is C1=CC=CC(c2cccc(-c3ccccc3)c2-c2cn(-c3cccc(Oc4cccc(-n5cccn5)c4)c3)c3ccc4ccccc4c23)=CC=1. The maximum Gasteiger partial charge on any atom is 0.129 e. The van der Waals surface area contributed by atoms with Gasteiger partial charge in [0, 0.05) is 47.4 Å². The van der Waals surface area contributed by atoms with E-state index >= 15 is 0 Å². The second-order valence-electron chi connectivity index (χ2n) is 12.2. The predicted octanol–water partition coefficient (Wildman–Crippen LogP) is 11.8. The van der Waals surface area contributed by atoms with Crippen LogP contribution in [0.1, 0.15) is 5.56 Å². The molecule has 0 fully saturated rings. The van der Waals surface area contributed by atoms with Crippen LogP contribution in [-0.2, 0) is 0 Å². The minimum absolute atomic E-state index is 0.744. The fraction of sp³-hybridized carbons (Fsp3) is 0. The van der Waals surface area contributed by atoms with Gasteiger partial charge in [-0.2, -0.15) is 5.10 Å². The van der Waals surface area contributed by atoms with Gasteiger partial charge in [-0.25, -0.2) is 4.68 Å². The van der Waals surface area contributed by atoms with Crippen molar-refractivity contribution in [3.05, 3.63) is 200 Å². The van der Waals surface area contributed by atoms with Crippen molar-refractivity contribution in [2.75, 3.05) is 0 Å². The maximum atomic E-state index is 6.46. The summed E-state index contributed by atoms with van der Waals surface area (Å²) in [5, 5.41) is 7.99. The Kier molecular flexibility index (Phi) is 7.39. The number of ether oxygens (including phenoxy) is 1. The van der Waals surface area contributed by atoms with Crippen molar-refractivity contribution in [2.24, 2.45) is 0 Å². The Labute approximate surface area is 290 Å². The van der Waals surface area contributed by atoms with Gasteiger partial charge in [-0.15, -0.1) is 5.73 Å². The number of benzene rings is 6. The Hall–Kier alpha value is -6.87. The van der Waals surface area contributed by atoms with Crippen molar-refractivity contribution in [1.82, 2.24) is 14.3 Å². The molecular weight excluding hydrogens is 611 g/mol. The summed E-state index contributed by atoms with van der Waals surface area (Å²) in [4.78, 5) is 0. The van der Waals surface area contributed by atoms with Crippen molar-refractivity contribution in [1.29, 1.82) is 0 Å². The van der Waals surface area contributed by atoms with Crippen molar-refractivity contribution in [3.63, 3.8) is 0 Å². The Morgan fingerprint density at radius 1 is 0.620 bits per heavy atom.